The van der Waals surface area contributed by atoms with Gasteiger partial charge >= 0.3 is 11.9 Å². The summed E-state index contributed by atoms with van der Waals surface area (Å²) in [5, 5.41) is 12.2. The van der Waals surface area contributed by atoms with Crippen LogP contribution in [0.15, 0.2) is 0 Å². The highest BCUT2D eigenvalue weighted by Crippen LogP contribution is 2.32. The van der Waals surface area contributed by atoms with Gasteiger partial charge in [0.05, 0.1) is 24.9 Å². The van der Waals surface area contributed by atoms with Crippen molar-refractivity contribution in [3.05, 3.63) is 0 Å². The highest BCUT2D eigenvalue weighted by Gasteiger charge is 2.42. The van der Waals surface area contributed by atoms with Gasteiger partial charge in [0.1, 0.15) is 6.04 Å². The van der Waals surface area contributed by atoms with Crippen LogP contribution in [0.25, 0.3) is 0 Å². The third-order valence-corrected chi connectivity index (χ3v) is 6.64. The molecule has 3 atom stereocenters. The lowest BCUT2D eigenvalue weighted by atomic mass is 9.78. The first-order chi connectivity index (χ1) is 15.5. The van der Waals surface area contributed by atoms with Gasteiger partial charge in [-0.15, -0.1) is 0 Å². The van der Waals surface area contributed by atoms with Crippen molar-refractivity contribution in [1.82, 2.24) is 10.2 Å². The first-order valence-corrected chi connectivity index (χ1v) is 12.4. The number of hydrogen-bond acceptors (Lipinski definition) is 5. The van der Waals surface area contributed by atoms with Gasteiger partial charge < -0.3 is 20.1 Å². The maximum atomic E-state index is 13.2. The molecule has 0 spiro atoms. The summed E-state index contributed by atoms with van der Waals surface area (Å²) in [6, 6.07) is -0.932. The maximum absolute atomic E-state index is 13.2. The van der Waals surface area contributed by atoms with Gasteiger partial charge in [-0.05, 0) is 19.3 Å². The van der Waals surface area contributed by atoms with E-state index in [1.165, 1.54) is 37.0 Å². The molecule has 2 fully saturated rings. The second kappa shape index (κ2) is 14.1. The van der Waals surface area contributed by atoms with E-state index in [1.807, 2.05) is 0 Å². The molecule has 1 saturated heterocycles. The van der Waals surface area contributed by atoms with Gasteiger partial charge in [0.25, 0.3) is 0 Å². The SMILES string of the molecule is CCCCCCCCCCOC(=O)CC1C(=O)NCCN1C(=O)C1CCCCC1C(=O)O. The Bertz CT molecular complexity index is 638. The molecule has 1 heterocycles. The van der Waals surface area contributed by atoms with E-state index >= 15 is 0 Å². The van der Waals surface area contributed by atoms with Gasteiger partial charge in [0.2, 0.25) is 11.8 Å². The Kier molecular flexibility index (Phi) is 11.5. The molecule has 2 aliphatic rings. The van der Waals surface area contributed by atoms with E-state index in [-0.39, 0.29) is 24.8 Å². The van der Waals surface area contributed by atoms with Crippen LogP contribution < -0.4 is 5.32 Å². The van der Waals surface area contributed by atoms with Crippen LogP contribution in [0, 0.1) is 11.8 Å². The first kappa shape index (κ1) is 26.1. The lowest BCUT2D eigenvalue weighted by Crippen LogP contribution is -2.59. The zero-order chi connectivity index (χ0) is 23.3. The predicted octanol–water partition coefficient (Wildman–Crippen LogP) is 3.28. The molecule has 182 valence electrons. The Morgan fingerprint density at radius 3 is 2.28 bits per heavy atom. The summed E-state index contributed by atoms with van der Waals surface area (Å²) >= 11 is 0. The Morgan fingerprint density at radius 2 is 1.62 bits per heavy atom. The largest absolute Gasteiger partial charge is 0.481 e. The highest BCUT2D eigenvalue weighted by molar-refractivity contribution is 5.93. The zero-order valence-electron chi connectivity index (χ0n) is 19.5. The first-order valence-electron chi connectivity index (χ1n) is 12.4. The summed E-state index contributed by atoms with van der Waals surface area (Å²) in [6.07, 6.45) is 11.5. The number of aliphatic carboxylic acids is 1. The van der Waals surface area contributed by atoms with Crippen molar-refractivity contribution in [2.24, 2.45) is 11.8 Å². The van der Waals surface area contributed by atoms with Crippen LogP contribution in [0.4, 0.5) is 0 Å². The Hall–Kier alpha value is -2.12. The number of carboxylic acid groups (broad SMARTS) is 1. The number of hydrogen-bond donors (Lipinski definition) is 2. The normalized spacial score (nSPS) is 23.5. The second-order valence-corrected chi connectivity index (χ2v) is 9.07. The quantitative estimate of drug-likeness (QED) is 0.328. The van der Waals surface area contributed by atoms with Crippen molar-refractivity contribution in [3.63, 3.8) is 0 Å². The number of rotatable bonds is 13. The molecule has 0 radical (unpaired) electrons. The second-order valence-electron chi connectivity index (χ2n) is 9.07. The predicted molar refractivity (Wildman–Crippen MR) is 120 cm³/mol. The monoisotopic (exact) mass is 452 g/mol. The number of unbranched alkanes of at least 4 members (excludes halogenated alkanes) is 7. The summed E-state index contributed by atoms with van der Waals surface area (Å²) in [7, 11) is 0. The minimum atomic E-state index is -0.967. The van der Waals surface area contributed by atoms with Crippen molar-refractivity contribution in [2.75, 3.05) is 19.7 Å². The number of nitrogens with zero attached hydrogens (tertiary/aromatic N) is 1. The fraction of sp³-hybridized carbons (Fsp3) is 0.833. The van der Waals surface area contributed by atoms with Crippen molar-refractivity contribution < 1.29 is 29.0 Å². The van der Waals surface area contributed by atoms with Crippen LogP contribution in [0.3, 0.4) is 0 Å². The number of nitrogens with one attached hydrogen (secondary N) is 1. The van der Waals surface area contributed by atoms with E-state index in [2.05, 4.69) is 12.2 Å². The van der Waals surface area contributed by atoms with Crippen molar-refractivity contribution >= 4 is 23.8 Å². The third-order valence-electron chi connectivity index (χ3n) is 6.64. The number of amides is 2. The number of piperazine rings is 1. The van der Waals surface area contributed by atoms with Crippen molar-refractivity contribution in [3.8, 4) is 0 Å². The van der Waals surface area contributed by atoms with Crippen molar-refractivity contribution in [2.45, 2.75) is 96.4 Å². The smallest absolute Gasteiger partial charge is 0.308 e. The number of ether oxygens (including phenoxy) is 1. The van der Waals surface area contributed by atoms with E-state index in [4.69, 9.17) is 4.74 Å². The summed E-state index contributed by atoms with van der Waals surface area (Å²) in [5.74, 6) is -3.53. The maximum Gasteiger partial charge on any atom is 0.308 e. The summed E-state index contributed by atoms with van der Waals surface area (Å²) in [5.41, 5.74) is 0. The zero-order valence-corrected chi connectivity index (χ0v) is 19.5. The third kappa shape index (κ3) is 8.10. The van der Waals surface area contributed by atoms with Gasteiger partial charge in [-0.2, -0.15) is 0 Å². The molecule has 2 amide bonds. The van der Waals surface area contributed by atoms with Gasteiger partial charge in [-0.25, -0.2) is 0 Å². The molecular formula is C24H40N2O6. The number of carbonyl (C=O) groups is 4. The van der Waals surface area contributed by atoms with Crippen molar-refractivity contribution in [1.29, 1.82) is 0 Å². The van der Waals surface area contributed by atoms with Crippen LogP contribution in [-0.4, -0.2) is 59.5 Å². The molecular weight excluding hydrogens is 412 g/mol. The molecule has 0 aromatic rings. The molecule has 32 heavy (non-hydrogen) atoms. The minimum Gasteiger partial charge on any atom is -0.481 e. The van der Waals surface area contributed by atoms with Gasteiger partial charge in [-0.3, -0.25) is 19.2 Å². The number of carboxylic acids is 1. The summed E-state index contributed by atoms with van der Waals surface area (Å²) < 4.78 is 5.32. The molecule has 2 rings (SSSR count). The average molecular weight is 453 g/mol. The standard InChI is InChI=1S/C24H40N2O6/c1-2-3-4-5-6-7-8-11-16-32-21(27)17-20-22(28)25-14-15-26(20)23(29)18-12-9-10-13-19(18)24(30)31/h18-20H,2-17H2,1H3,(H,25,28)(H,30,31). The lowest BCUT2D eigenvalue weighted by molar-refractivity contribution is -0.158. The molecule has 1 saturated carbocycles. The van der Waals surface area contributed by atoms with E-state index in [0.717, 1.165) is 32.1 Å². The molecule has 2 N–H and O–H groups in total. The van der Waals surface area contributed by atoms with E-state index in [1.54, 1.807) is 0 Å². The van der Waals surface area contributed by atoms with Crippen LogP contribution >= 0.6 is 0 Å². The minimum absolute atomic E-state index is 0.195. The van der Waals surface area contributed by atoms with Gasteiger partial charge in [0, 0.05) is 13.1 Å². The molecule has 0 aromatic heterocycles. The van der Waals surface area contributed by atoms with Gasteiger partial charge in [0.15, 0.2) is 0 Å². The molecule has 8 heteroatoms. The topological polar surface area (TPSA) is 113 Å². The van der Waals surface area contributed by atoms with Crippen LogP contribution in [0.5, 0.6) is 0 Å². The van der Waals surface area contributed by atoms with Crippen LogP contribution in [0.1, 0.15) is 90.4 Å². The lowest BCUT2D eigenvalue weighted by Gasteiger charge is -2.39. The van der Waals surface area contributed by atoms with Gasteiger partial charge in [-0.1, -0.05) is 64.7 Å². The summed E-state index contributed by atoms with van der Waals surface area (Å²) in [6.45, 7) is 3.10. The molecule has 0 aromatic carbocycles. The van der Waals surface area contributed by atoms with E-state index < -0.39 is 29.8 Å². The molecule has 0 bridgehead atoms. The molecule has 1 aliphatic carbocycles. The molecule has 8 nitrogen and oxygen atoms in total. The molecule has 3 unspecified atom stereocenters. The van der Waals surface area contributed by atoms with E-state index in [0.29, 0.717) is 26.0 Å². The Morgan fingerprint density at radius 1 is 1.00 bits per heavy atom. The number of carbonyl (C=O) groups excluding carboxylic acids is 3. The fourth-order valence-corrected chi connectivity index (χ4v) is 4.76. The number of esters is 1. The van der Waals surface area contributed by atoms with Crippen LogP contribution in [-0.2, 0) is 23.9 Å². The molecule has 1 aliphatic heterocycles. The van der Waals surface area contributed by atoms with E-state index in [9.17, 15) is 24.3 Å². The Balaban J connectivity index is 1.80. The van der Waals surface area contributed by atoms with Crippen LogP contribution in [0.2, 0.25) is 0 Å². The summed E-state index contributed by atoms with van der Waals surface area (Å²) in [4.78, 5) is 51.0. The Labute approximate surface area is 191 Å². The fourth-order valence-electron chi connectivity index (χ4n) is 4.76. The average Bonchev–Trinajstić information content (AvgIpc) is 2.78. The highest BCUT2D eigenvalue weighted by atomic mass is 16.5.